The van der Waals surface area contributed by atoms with E-state index in [1.165, 1.54) is 18.2 Å². The summed E-state index contributed by atoms with van der Waals surface area (Å²) >= 11 is 0. The number of methoxy groups -OCH3 is 1. The molecule has 1 aromatic carbocycles. The first kappa shape index (κ1) is 14.8. The summed E-state index contributed by atoms with van der Waals surface area (Å²) in [5.74, 6) is -3.60. The highest BCUT2D eigenvalue weighted by Gasteiger charge is 2.78. The average molecular weight is 308 g/mol. The monoisotopic (exact) mass is 308 g/mol. The van der Waals surface area contributed by atoms with Crippen molar-refractivity contribution in [3.05, 3.63) is 30.3 Å². The third kappa shape index (κ3) is 1.98. The Balaban J connectivity index is 2.54. The van der Waals surface area contributed by atoms with Crippen LogP contribution in [0.25, 0.3) is 0 Å². The van der Waals surface area contributed by atoms with Gasteiger partial charge in [-0.05, 0) is 18.6 Å². The number of ether oxygens (including phenoxy) is 1. The zero-order chi connectivity index (χ0) is 15.2. The zero-order valence-corrected chi connectivity index (χ0v) is 11.2. The Morgan fingerprint density at radius 1 is 1.30 bits per heavy atom. The number of carbonyl (C=O) groups is 1. The zero-order valence-electron chi connectivity index (χ0n) is 10.3. The lowest BCUT2D eigenvalue weighted by Crippen LogP contribution is -2.39. The number of esters is 1. The van der Waals surface area contributed by atoms with Gasteiger partial charge in [0.2, 0.25) is 0 Å². The summed E-state index contributed by atoms with van der Waals surface area (Å²) in [6.07, 6.45) is -5.57. The van der Waals surface area contributed by atoms with Crippen LogP contribution in [-0.4, -0.2) is 32.4 Å². The van der Waals surface area contributed by atoms with Crippen molar-refractivity contribution in [1.29, 1.82) is 0 Å². The molecule has 1 aliphatic rings. The topological polar surface area (TPSA) is 60.4 Å². The van der Waals surface area contributed by atoms with Crippen LogP contribution in [-0.2, 0) is 19.4 Å². The van der Waals surface area contributed by atoms with Gasteiger partial charge in [-0.1, -0.05) is 18.2 Å². The van der Waals surface area contributed by atoms with Gasteiger partial charge in [-0.15, -0.1) is 0 Å². The Bertz CT molecular complexity index is 624. The average Bonchev–Trinajstić information content (AvgIpc) is 3.16. The van der Waals surface area contributed by atoms with Crippen LogP contribution in [0.3, 0.4) is 0 Å². The molecule has 0 heterocycles. The smallest absolute Gasteiger partial charge is 0.394 e. The molecule has 0 aromatic heterocycles. The second-order valence-electron chi connectivity index (χ2n) is 4.50. The van der Waals surface area contributed by atoms with Crippen molar-refractivity contribution in [2.45, 2.75) is 22.2 Å². The van der Waals surface area contributed by atoms with Crippen molar-refractivity contribution in [1.82, 2.24) is 0 Å². The maximum atomic E-state index is 12.8. The maximum Gasteiger partial charge on any atom is 0.394 e. The number of rotatable bonds is 3. The molecule has 2 rings (SSSR count). The molecule has 2 atom stereocenters. The van der Waals surface area contributed by atoms with Crippen LogP contribution in [0.4, 0.5) is 13.2 Å². The van der Waals surface area contributed by atoms with Crippen molar-refractivity contribution in [3.63, 3.8) is 0 Å². The lowest BCUT2D eigenvalue weighted by Gasteiger charge is -2.17. The summed E-state index contributed by atoms with van der Waals surface area (Å²) in [6, 6.07) is 6.60. The maximum absolute atomic E-state index is 12.8. The van der Waals surface area contributed by atoms with Crippen molar-refractivity contribution >= 4 is 15.8 Å². The van der Waals surface area contributed by atoms with Crippen molar-refractivity contribution in [2.24, 2.45) is 5.92 Å². The lowest BCUT2D eigenvalue weighted by atomic mass is 10.3. The molecule has 4 nitrogen and oxygen atoms in total. The number of carbonyl (C=O) groups excluding carboxylic acids is 1. The number of hydrogen-bond donors (Lipinski definition) is 0. The molecule has 0 saturated heterocycles. The van der Waals surface area contributed by atoms with Gasteiger partial charge in [0.15, 0.2) is 14.6 Å². The normalized spacial score (nSPS) is 26.1. The summed E-state index contributed by atoms with van der Waals surface area (Å²) in [6.45, 7) is 0. The van der Waals surface area contributed by atoms with Gasteiger partial charge in [0.1, 0.15) is 0 Å². The molecular weight excluding hydrogens is 297 g/mol. The molecule has 1 aromatic rings. The molecule has 1 aliphatic carbocycles. The number of benzene rings is 1. The molecule has 1 fully saturated rings. The van der Waals surface area contributed by atoms with Gasteiger partial charge >= 0.3 is 12.1 Å². The minimum Gasteiger partial charge on any atom is -0.468 e. The fourth-order valence-electron chi connectivity index (χ4n) is 2.24. The van der Waals surface area contributed by atoms with Crippen molar-refractivity contribution in [3.8, 4) is 0 Å². The largest absolute Gasteiger partial charge is 0.468 e. The summed E-state index contributed by atoms with van der Waals surface area (Å²) in [7, 11) is -3.59. The highest BCUT2D eigenvalue weighted by Crippen LogP contribution is 2.60. The first-order chi connectivity index (χ1) is 9.18. The second kappa shape index (κ2) is 4.47. The van der Waals surface area contributed by atoms with Crippen LogP contribution >= 0.6 is 0 Å². The first-order valence-corrected chi connectivity index (χ1v) is 7.11. The fraction of sp³-hybridized carbons (Fsp3) is 0.417. The third-order valence-electron chi connectivity index (χ3n) is 3.37. The van der Waals surface area contributed by atoms with E-state index in [0.29, 0.717) is 0 Å². The summed E-state index contributed by atoms with van der Waals surface area (Å²) in [4.78, 5) is 11.3. The highest BCUT2D eigenvalue weighted by molar-refractivity contribution is 7.94. The summed E-state index contributed by atoms with van der Waals surface area (Å²) in [5.41, 5.74) is 0. The van der Waals surface area contributed by atoms with E-state index in [2.05, 4.69) is 4.74 Å². The number of halogens is 3. The van der Waals surface area contributed by atoms with Crippen LogP contribution in [0.5, 0.6) is 0 Å². The van der Waals surface area contributed by atoms with Crippen LogP contribution in [0.15, 0.2) is 35.2 Å². The predicted molar refractivity (Wildman–Crippen MR) is 62.5 cm³/mol. The fourth-order valence-corrected chi connectivity index (χ4v) is 4.37. The Hall–Kier alpha value is -1.57. The predicted octanol–water partition coefficient (Wildman–Crippen LogP) is 1.95. The molecule has 20 heavy (non-hydrogen) atoms. The summed E-state index contributed by atoms with van der Waals surface area (Å²) < 4.78 is 64.9. The van der Waals surface area contributed by atoms with Gasteiger partial charge in [0.25, 0.3) is 0 Å². The Labute approximate surface area is 113 Å². The summed E-state index contributed by atoms with van der Waals surface area (Å²) in [5, 5.41) is 0. The first-order valence-electron chi connectivity index (χ1n) is 5.62. The Kier molecular flexibility index (Phi) is 3.32. The van der Waals surface area contributed by atoms with Crippen molar-refractivity contribution in [2.75, 3.05) is 7.11 Å². The van der Waals surface area contributed by atoms with Gasteiger partial charge in [0, 0.05) is 0 Å². The standard InChI is InChI=1S/C12H11F3O4S/c1-19-10(16)11(7-9(11)12(13,14)15)20(17,18)8-5-3-2-4-6-8/h2-6,9H,7H2,1H3. The van der Waals surface area contributed by atoms with E-state index in [4.69, 9.17) is 0 Å². The lowest BCUT2D eigenvalue weighted by molar-refractivity contribution is -0.159. The molecule has 8 heteroatoms. The van der Waals surface area contributed by atoms with E-state index in [-0.39, 0.29) is 4.90 Å². The van der Waals surface area contributed by atoms with E-state index >= 15 is 0 Å². The van der Waals surface area contributed by atoms with Gasteiger partial charge in [0.05, 0.1) is 17.9 Å². The van der Waals surface area contributed by atoms with Crippen LogP contribution in [0.1, 0.15) is 6.42 Å². The van der Waals surface area contributed by atoms with Gasteiger partial charge in [-0.3, -0.25) is 4.79 Å². The molecule has 2 unspecified atom stereocenters. The third-order valence-corrected chi connectivity index (χ3v) is 5.84. The van der Waals surface area contributed by atoms with E-state index in [1.54, 1.807) is 0 Å². The quantitative estimate of drug-likeness (QED) is 0.801. The van der Waals surface area contributed by atoms with Gasteiger partial charge in [-0.25, -0.2) is 8.42 Å². The van der Waals surface area contributed by atoms with Crippen LogP contribution < -0.4 is 0 Å². The molecule has 0 radical (unpaired) electrons. The molecule has 0 bridgehead atoms. The minimum absolute atomic E-state index is 0.322. The van der Waals surface area contributed by atoms with E-state index < -0.39 is 39.1 Å². The molecule has 0 N–H and O–H groups in total. The van der Waals surface area contributed by atoms with E-state index in [9.17, 15) is 26.4 Å². The van der Waals surface area contributed by atoms with Crippen molar-refractivity contribution < 1.29 is 31.1 Å². The Morgan fingerprint density at radius 2 is 1.85 bits per heavy atom. The number of sulfone groups is 1. The van der Waals surface area contributed by atoms with Crippen LogP contribution in [0.2, 0.25) is 0 Å². The molecular formula is C12H11F3O4S. The minimum atomic E-state index is -4.77. The second-order valence-corrected chi connectivity index (χ2v) is 6.70. The van der Waals surface area contributed by atoms with E-state index in [0.717, 1.165) is 19.2 Å². The molecule has 0 amide bonds. The van der Waals surface area contributed by atoms with Gasteiger partial charge in [-0.2, -0.15) is 13.2 Å². The highest BCUT2D eigenvalue weighted by atomic mass is 32.2. The van der Waals surface area contributed by atoms with Gasteiger partial charge < -0.3 is 4.74 Å². The molecule has 1 saturated carbocycles. The molecule has 0 spiro atoms. The van der Waals surface area contributed by atoms with Crippen LogP contribution in [0, 0.1) is 5.92 Å². The number of alkyl halides is 3. The molecule has 0 aliphatic heterocycles. The van der Waals surface area contributed by atoms with E-state index in [1.807, 2.05) is 0 Å². The molecule has 110 valence electrons. The number of hydrogen-bond acceptors (Lipinski definition) is 4. The Morgan fingerprint density at radius 3 is 2.25 bits per heavy atom. The SMILES string of the molecule is COC(=O)C1(S(=O)(=O)c2ccccc2)CC1C(F)(F)F.